The van der Waals surface area contributed by atoms with E-state index in [1.807, 2.05) is 18.2 Å². The largest absolute Gasteiger partial charge is 0.456 e. The first-order valence-electron chi connectivity index (χ1n) is 16.5. The van der Waals surface area contributed by atoms with E-state index in [4.69, 9.17) is 18.9 Å². The van der Waals surface area contributed by atoms with Crippen molar-refractivity contribution in [1.29, 1.82) is 0 Å². The molecule has 8 nitrogen and oxygen atoms in total. The maximum Gasteiger partial charge on any atom is 0.338 e. The number of amides is 1. The van der Waals surface area contributed by atoms with E-state index in [0.29, 0.717) is 29.3 Å². The summed E-state index contributed by atoms with van der Waals surface area (Å²) in [5.74, 6) is -0.950. The molecular weight excluding hydrogens is 546 g/mol. The van der Waals surface area contributed by atoms with Crippen LogP contribution in [0, 0.1) is 5.92 Å². The number of rotatable bonds is 15. The summed E-state index contributed by atoms with van der Waals surface area (Å²) < 4.78 is 25.0. The Kier molecular flexibility index (Phi) is 11.1. The van der Waals surface area contributed by atoms with E-state index in [1.54, 1.807) is 12.1 Å². The number of nitrogens with one attached hydrogen (secondary N) is 1. The van der Waals surface area contributed by atoms with Gasteiger partial charge in [0.1, 0.15) is 18.3 Å². The van der Waals surface area contributed by atoms with Crippen LogP contribution in [0.25, 0.3) is 6.08 Å². The lowest BCUT2D eigenvalue weighted by Gasteiger charge is -2.31. The van der Waals surface area contributed by atoms with Gasteiger partial charge in [-0.2, -0.15) is 0 Å². The summed E-state index contributed by atoms with van der Waals surface area (Å²) in [7, 11) is 0. The molecule has 0 radical (unpaired) electrons. The van der Waals surface area contributed by atoms with Gasteiger partial charge in [-0.15, -0.1) is 0 Å². The van der Waals surface area contributed by atoms with E-state index >= 15 is 0 Å². The molecule has 4 aliphatic rings. The van der Waals surface area contributed by atoms with Gasteiger partial charge in [0.25, 0.3) is 0 Å². The molecule has 0 spiro atoms. The maximum absolute atomic E-state index is 13.4. The normalized spacial score (nSPS) is 29.0. The Morgan fingerprint density at radius 3 is 2.44 bits per heavy atom. The first-order valence-corrected chi connectivity index (χ1v) is 16.5. The van der Waals surface area contributed by atoms with Crippen LogP contribution in [0.5, 0.6) is 0 Å². The van der Waals surface area contributed by atoms with Crippen LogP contribution in [0.4, 0.5) is 0 Å². The van der Waals surface area contributed by atoms with Crippen LogP contribution in [-0.2, 0) is 23.7 Å². The van der Waals surface area contributed by atoms with Crippen LogP contribution in [0.3, 0.4) is 0 Å². The number of ether oxygens (including phenoxy) is 4. The number of aliphatic hydroxyl groups is 1. The van der Waals surface area contributed by atoms with Gasteiger partial charge in [-0.3, -0.25) is 4.79 Å². The molecule has 2 aliphatic carbocycles. The third-order valence-electron chi connectivity index (χ3n) is 9.20. The van der Waals surface area contributed by atoms with Crippen molar-refractivity contribution in [2.45, 2.75) is 127 Å². The molecule has 236 valence electrons. The number of hydrogen-bond acceptors (Lipinski definition) is 7. The van der Waals surface area contributed by atoms with Crippen LogP contribution < -0.4 is 5.32 Å². The molecule has 1 aromatic carbocycles. The predicted octanol–water partition coefficient (Wildman–Crippen LogP) is 5.87. The van der Waals surface area contributed by atoms with E-state index in [-0.39, 0.29) is 25.5 Å². The topological polar surface area (TPSA) is 107 Å². The summed E-state index contributed by atoms with van der Waals surface area (Å²) in [4.78, 5) is 26.3. The Labute approximate surface area is 256 Å². The van der Waals surface area contributed by atoms with Gasteiger partial charge in [0.05, 0.1) is 24.4 Å². The van der Waals surface area contributed by atoms with Crippen molar-refractivity contribution in [3.05, 3.63) is 53.1 Å². The second-order valence-corrected chi connectivity index (χ2v) is 12.6. The van der Waals surface area contributed by atoms with Crippen molar-refractivity contribution in [2.75, 3.05) is 13.2 Å². The standard InChI is InChI=1S/C35H49NO7/c1-3-5-7-17-35(18-8-6-4-2)42-31-23-27(33(38)36-19-20-37)22-30(32(31)43-35)41-34(39)26-14-11-24(12-15-26)9-10-25-13-16-28-29(21-25)40-28/h9-12,14-15,23,25,28-32,37H,3-8,13,16-22H2,1-2H3,(H,36,38). The fourth-order valence-electron chi connectivity index (χ4n) is 6.68. The van der Waals surface area contributed by atoms with E-state index in [1.165, 1.54) is 0 Å². The molecule has 1 aromatic rings. The number of allylic oxidation sites excluding steroid dienone is 1. The number of fused-ring (bicyclic) bond motifs is 2. The third kappa shape index (κ3) is 8.35. The highest BCUT2D eigenvalue weighted by Gasteiger charge is 2.52. The van der Waals surface area contributed by atoms with E-state index < -0.39 is 30.1 Å². The molecule has 6 unspecified atom stereocenters. The Bertz CT molecular complexity index is 1140. The summed E-state index contributed by atoms with van der Waals surface area (Å²) in [6.45, 7) is 4.35. The minimum absolute atomic E-state index is 0.150. The number of epoxide rings is 1. The Morgan fingerprint density at radius 1 is 1.02 bits per heavy atom. The number of esters is 1. The van der Waals surface area contributed by atoms with Gasteiger partial charge in [-0.1, -0.05) is 63.8 Å². The summed E-state index contributed by atoms with van der Waals surface area (Å²) in [6.07, 6.45) is 17.0. The number of benzene rings is 1. The monoisotopic (exact) mass is 595 g/mol. The zero-order valence-electron chi connectivity index (χ0n) is 25.8. The number of aliphatic hydroxyl groups excluding tert-OH is 1. The lowest BCUT2D eigenvalue weighted by atomic mass is 9.89. The molecule has 2 aliphatic heterocycles. The highest BCUT2D eigenvalue weighted by atomic mass is 16.8. The Hall–Kier alpha value is -2.52. The van der Waals surface area contributed by atoms with Crippen molar-refractivity contribution in [3.63, 3.8) is 0 Å². The van der Waals surface area contributed by atoms with Crippen LogP contribution in [-0.4, -0.2) is 66.4 Å². The zero-order valence-corrected chi connectivity index (χ0v) is 25.8. The smallest absolute Gasteiger partial charge is 0.338 e. The summed E-state index contributed by atoms with van der Waals surface area (Å²) in [6, 6.07) is 7.45. The van der Waals surface area contributed by atoms with Crippen molar-refractivity contribution in [2.24, 2.45) is 5.92 Å². The van der Waals surface area contributed by atoms with E-state index in [9.17, 15) is 14.7 Å². The highest BCUT2D eigenvalue weighted by molar-refractivity contribution is 5.94. The number of carbonyl (C=O) groups is 2. The molecule has 8 heteroatoms. The lowest BCUT2D eigenvalue weighted by Crippen LogP contribution is -2.43. The molecular formula is C35H49NO7. The predicted molar refractivity (Wildman–Crippen MR) is 164 cm³/mol. The van der Waals surface area contributed by atoms with Gasteiger partial charge in [-0.05, 0) is 61.8 Å². The van der Waals surface area contributed by atoms with Gasteiger partial charge in [0, 0.05) is 31.4 Å². The van der Waals surface area contributed by atoms with Crippen molar-refractivity contribution < 1.29 is 33.6 Å². The molecule has 1 saturated carbocycles. The van der Waals surface area contributed by atoms with Gasteiger partial charge in [-0.25, -0.2) is 4.79 Å². The quantitative estimate of drug-likeness (QED) is 0.148. The molecule has 0 aromatic heterocycles. The van der Waals surface area contributed by atoms with Crippen molar-refractivity contribution >= 4 is 18.0 Å². The first-order chi connectivity index (χ1) is 20.9. The second kappa shape index (κ2) is 15.0. The minimum Gasteiger partial charge on any atom is -0.456 e. The van der Waals surface area contributed by atoms with Crippen LogP contribution >= 0.6 is 0 Å². The summed E-state index contributed by atoms with van der Waals surface area (Å²) in [5.41, 5.74) is 1.98. The third-order valence-corrected chi connectivity index (χ3v) is 9.20. The SMILES string of the molecule is CCCCCC1(CCCCC)OC2C=C(C(=O)NCCO)CC(OC(=O)c3ccc(C=CC4CCC5OC5C4)cc3)C2O1. The first kappa shape index (κ1) is 31.9. The van der Waals surface area contributed by atoms with Crippen LogP contribution in [0.1, 0.15) is 107 Å². The summed E-state index contributed by atoms with van der Waals surface area (Å²) in [5, 5.41) is 11.9. The van der Waals surface area contributed by atoms with Gasteiger partial charge in [0.2, 0.25) is 5.91 Å². The molecule has 2 saturated heterocycles. The fraction of sp³-hybridized carbons (Fsp3) is 0.657. The number of hydrogen-bond donors (Lipinski definition) is 2. The zero-order chi connectivity index (χ0) is 30.2. The average molecular weight is 596 g/mol. The van der Waals surface area contributed by atoms with Crippen molar-refractivity contribution in [1.82, 2.24) is 5.32 Å². The highest BCUT2D eigenvalue weighted by Crippen LogP contribution is 2.43. The average Bonchev–Trinajstić information content (AvgIpc) is 3.70. The van der Waals surface area contributed by atoms with Gasteiger partial charge in [0.15, 0.2) is 5.79 Å². The Morgan fingerprint density at radius 2 is 1.77 bits per heavy atom. The van der Waals surface area contributed by atoms with E-state index in [2.05, 4.69) is 31.3 Å². The number of unbranched alkanes of at least 4 members (excludes halogenated alkanes) is 4. The minimum atomic E-state index is -0.753. The second-order valence-electron chi connectivity index (χ2n) is 12.6. The molecule has 2 N–H and O–H groups in total. The molecule has 2 heterocycles. The van der Waals surface area contributed by atoms with Crippen LogP contribution in [0.15, 0.2) is 42.0 Å². The molecule has 3 fully saturated rings. The molecule has 43 heavy (non-hydrogen) atoms. The molecule has 0 bridgehead atoms. The van der Waals surface area contributed by atoms with Gasteiger partial charge < -0.3 is 29.4 Å². The van der Waals surface area contributed by atoms with Crippen molar-refractivity contribution in [3.8, 4) is 0 Å². The van der Waals surface area contributed by atoms with Gasteiger partial charge >= 0.3 is 5.97 Å². The van der Waals surface area contributed by atoms with Crippen LogP contribution in [0.2, 0.25) is 0 Å². The molecule has 5 rings (SSSR count). The fourth-order valence-corrected chi connectivity index (χ4v) is 6.68. The maximum atomic E-state index is 13.4. The van der Waals surface area contributed by atoms with E-state index in [0.717, 1.165) is 76.2 Å². The number of carbonyl (C=O) groups excluding carboxylic acids is 2. The Balaban J connectivity index is 1.27. The molecule has 1 amide bonds. The summed E-state index contributed by atoms with van der Waals surface area (Å²) >= 11 is 0. The molecule has 6 atom stereocenters. The lowest BCUT2D eigenvalue weighted by molar-refractivity contribution is -0.190.